The summed E-state index contributed by atoms with van der Waals surface area (Å²) in [5, 5.41) is 13.1. The molecule has 0 bridgehead atoms. The second kappa shape index (κ2) is 5.19. The number of carbonyl (C=O) groups is 1. The summed E-state index contributed by atoms with van der Waals surface area (Å²) in [6.07, 6.45) is 0.0539. The van der Waals surface area contributed by atoms with Crippen LogP contribution in [0, 0.1) is 0 Å². The molecule has 102 valence electrons. The number of rotatable bonds is 2. The molecule has 2 N–H and O–H groups in total. The Hall–Kier alpha value is -1.59. The number of nitrogens with one attached hydrogen (secondary N) is 1. The van der Waals surface area contributed by atoms with Gasteiger partial charge in [0, 0.05) is 19.1 Å². The van der Waals surface area contributed by atoms with E-state index in [1.807, 2.05) is 30.3 Å². The molecule has 2 saturated heterocycles. The second-order valence-electron chi connectivity index (χ2n) is 5.09. The molecule has 19 heavy (non-hydrogen) atoms. The Morgan fingerprint density at radius 3 is 3.00 bits per heavy atom. The Kier molecular flexibility index (Phi) is 3.40. The van der Waals surface area contributed by atoms with E-state index in [0.29, 0.717) is 13.1 Å². The Bertz CT molecular complexity index is 451. The largest absolute Gasteiger partial charge is 0.445 e. The minimum atomic E-state index is -0.489. The number of aliphatic hydroxyl groups excluding tert-OH is 1. The van der Waals surface area contributed by atoms with Gasteiger partial charge in [0.1, 0.15) is 6.61 Å². The molecule has 0 aromatic heterocycles. The Balaban J connectivity index is 1.59. The number of ether oxygens (including phenoxy) is 1. The number of carbonyl (C=O) groups excluding carboxylic acids is 1. The number of likely N-dealkylation sites (tertiary alicyclic amines) is 1. The number of aliphatic hydroxyl groups is 1. The minimum absolute atomic E-state index is 0.136. The van der Waals surface area contributed by atoms with Crippen LogP contribution in [0.25, 0.3) is 0 Å². The molecule has 5 heteroatoms. The molecule has 0 saturated carbocycles. The van der Waals surface area contributed by atoms with E-state index in [0.717, 1.165) is 12.0 Å². The van der Waals surface area contributed by atoms with Gasteiger partial charge in [0.05, 0.1) is 12.1 Å². The van der Waals surface area contributed by atoms with Crippen LogP contribution in [-0.4, -0.2) is 47.4 Å². The fourth-order valence-corrected chi connectivity index (χ4v) is 2.92. The molecule has 2 aliphatic heterocycles. The Morgan fingerprint density at radius 2 is 2.21 bits per heavy atom. The lowest BCUT2D eigenvalue weighted by molar-refractivity contribution is 0.0610. The Labute approximate surface area is 112 Å². The van der Waals surface area contributed by atoms with E-state index < -0.39 is 6.10 Å². The highest BCUT2D eigenvalue weighted by atomic mass is 16.6. The van der Waals surface area contributed by atoms with Gasteiger partial charge in [-0.25, -0.2) is 4.79 Å². The van der Waals surface area contributed by atoms with E-state index in [4.69, 9.17) is 4.74 Å². The molecule has 2 aliphatic rings. The lowest BCUT2D eigenvalue weighted by Crippen LogP contribution is -2.44. The highest BCUT2D eigenvalue weighted by Gasteiger charge is 2.45. The molecule has 3 atom stereocenters. The summed E-state index contributed by atoms with van der Waals surface area (Å²) in [6.45, 7) is 1.47. The molecule has 3 unspecified atom stereocenters. The second-order valence-corrected chi connectivity index (χ2v) is 5.09. The Morgan fingerprint density at radius 1 is 1.42 bits per heavy atom. The van der Waals surface area contributed by atoms with Gasteiger partial charge < -0.3 is 20.1 Å². The summed E-state index contributed by atoms with van der Waals surface area (Å²) in [5.41, 5.74) is 0.969. The smallest absolute Gasteiger partial charge is 0.410 e. The van der Waals surface area contributed by atoms with Gasteiger partial charge in [0.15, 0.2) is 0 Å². The molecule has 0 spiro atoms. The van der Waals surface area contributed by atoms with Gasteiger partial charge >= 0.3 is 6.09 Å². The van der Waals surface area contributed by atoms with E-state index in [-0.39, 0.29) is 24.8 Å². The van der Waals surface area contributed by atoms with Crippen molar-refractivity contribution in [3.63, 3.8) is 0 Å². The molecule has 0 radical (unpaired) electrons. The molecule has 1 aromatic carbocycles. The number of hydrogen-bond acceptors (Lipinski definition) is 4. The van der Waals surface area contributed by atoms with Gasteiger partial charge in [0.2, 0.25) is 0 Å². The van der Waals surface area contributed by atoms with Gasteiger partial charge in [-0.2, -0.15) is 0 Å². The summed E-state index contributed by atoms with van der Waals surface area (Å²) in [4.78, 5) is 13.7. The lowest BCUT2D eigenvalue weighted by atomic mass is 10.1. The number of nitrogens with zero attached hydrogens (tertiary/aromatic N) is 1. The van der Waals surface area contributed by atoms with E-state index >= 15 is 0 Å². The fraction of sp³-hybridized carbons (Fsp3) is 0.500. The average molecular weight is 262 g/mol. The standard InChI is InChI=1S/C14H18N2O3/c17-12-8-15-11-6-7-16(13(11)12)14(18)19-9-10-4-2-1-3-5-10/h1-5,11-13,15,17H,6-9H2. The third kappa shape index (κ3) is 2.43. The first-order valence-electron chi connectivity index (χ1n) is 6.64. The third-order valence-corrected chi connectivity index (χ3v) is 3.88. The van der Waals surface area contributed by atoms with Crippen LogP contribution in [0.4, 0.5) is 4.79 Å². The van der Waals surface area contributed by atoms with Crippen molar-refractivity contribution in [2.45, 2.75) is 31.2 Å². The monoisotopic (exact) mass is 262 g/mol. The van der Waals surface area contributed by atoms with Crippen molar-refractivity contribution in [2.75, 3.05) is 13.1 Å². The minimum Gasteiger partial charge on any atom is -0.445 e. The quantitative estimate of drug-likeness (QED) is 0.825. The average Bonchev–Trinajstić information content (AvgIpc) is 3.01. The molecule has 5 nitrogen and oxygen atoms in total. The maximum absolute atomic E-state index is 12.1. The maximum atomic E-state index is 12.1. The van der Waals surface area contributed by atoms with E-state index in [9.17, 15) is 9.90 Å². The van der Waals surface area contributed by atoms with Crippen molar-refractivity contribution < 1.29 is 14.6 Å². The van der Waals surface area contributed by atoms with Gasteiger partial charge in [-0.15, -0.1) is 0 Å². The summed E-state index contributed by atoms with van der Waals surface area (Å²) >= 11 is 0. The van der Waals surface area contributed by atoms with Crippen molar-refractivity contribution in [3.05, 3.63) is 35.9 Å². The first kappa shape index (κ1) is 12.4. The molecule has 2 fully saturated rings. The van der Waals surface area contributed by atoms with Gasteiger partial charge in [-0.1, -0.05) is 30.3 Å². The third-order valence-electron chi connectivity index (χ3n) is 3.88. The normalized spacial score (nSPS) is 29.3. The molecule has 1 amide bonds. The summed E-state index contributed by atoms with van der Waals surface area (Å²) in [7, 11) is 0. The molecular weight excluding hydrogens is 244 g/mol. The van der Waals surface area contributed by atoms with Crippen LogP contribution >= 0.6 is 0 Å². The van der Waals surface area contributed by atoms with Crippen LogP contribution in [0.3, 0.4) is 0 Å². The molecule has 3 rings (SSSR count). The van der Waals surface area contributed by atoms with E-state index in [1.54, 1.807) is 4.90 Å². The first-order chi connectivity index (χ1) is 9.25. The van der Waals surface area contributed by atoms with Gasteiger partial charge in [0.25, 0.3) is 0 Å². The van der Waals surface area contributed by atoms with Gasteiger partial charge in [-0.3, -0.25) is 0 Å². The van der Waals surface area contributed by atoms with Gasteiger partial charge in [-0.05, 0) is 12.0 Å². The van der Waals surface area contributed by atoms with Crippen LogP contribution < -0.4 is 5.32 Å². The zero-order chi connectivity index (χ0) is 13.2. The number of hydrogen-bond donors (Lipinski definition) is 2. The van der Waals surface area contributed by atoms with Crippen molar-refractivity contribution in [2.24, 2.45) is 0 Å². The van der Waals surface area contributed by atoms with Crippen molar-refractivity contribution in [1.82, 2.24) is 10.2 Å². The topological polar surface area (TPSA) is 61.8 Å². The van der Waals surface area contributed by atoms with Crippen LogP contribution in [0.1, 0.15) is 12.0 Å². The van der Waals surface area contributed by atoms with Crippen LogP contribution in [0.2, 0.25) is 0 Å². The highest BCUT2D eigenvalue weighted by molar-refractivity contribution is 5.69. The number of amides is 1. The predicted molar refractivity (Wildman–Crippen MR) is 69.5 cm³/mol. The van der Waals surface area contributed by atoms with Crippen molar-refractivity contribution >= 4 is 6.09 Å². The first-order valence-corrected chi connectivity index (χ1v) is 6.64. The van der Waals surface area contributed by atoms with Crippen LogP contribution in [-0.2, 0) is 11.3 Å². The number of fused-ring (bicyclic) bond motifs is 1. The SMILES string of the molecule is O=C(OCc1ccccc1)N1CCC2NCC(O)C21. The number of β-amino-alcohol motifs (C(OH)–C–C–N with tert-alkyl or cyclic N) is 1. The summed E-state index contributed by atoms with van der Waals surface area (Å²) in [6, 6.07) is 9.68. The molecular formula is C14H18N2O3. The lowest BCUT2D eigenvalue weighted by Gasteiger charge is -2.25. The molecule has 1 aromatic rings. The molecule has 0 aliphatic carbocycles. The fourth-order valence-electron chi connectivity index (χ4n) is 2.92. The van der Waals surface area contributed by atoms with Crippen molar-refractivity contribution in [3.8, 4) is 0 Å². The maximum Gasteiger partial charge on any atom is 0.410 e. The highest BCUT2D eigenvalue weighted by Crippen LogP contribution is 2.26. The number of benzene rings is 1. The summed E-state index contributed by atoms with van der Waals surface area (Å²) in [5.74, 6) is 0. The van der Waals surface area contributed by atoms with Crippen LogP contribution in [0.15, 0.2) is 30.3 Å². The van der Waals surface area contributed by atoms with Crippen molar-refractivity contribution in [1.29, 1.82) is 0 Å². The predicted octanol–water partition coefficient (Wildman–Crippen LogP) is 0.730. The molecule has 2 heterocycles. The van der Waals surface area contributed by atoms with Crippen LogP contribution in [0.5, 0.6) is 0 Å². The van der Waals surface area contributed by atoms with E-state index in [2.05, 4.69) is 5.32 Å². The zero-order valence-corrected chi connectivity index (χ0v) is 10.7. The van der Waals surface area contributed by atoms with E-state index in [1.165, 1.54) is 0 Å². The summed E-state index contributed by atoms with van der Waals surface area (Å²) < 4.78 is 5.32. The zero-order valence-electron chi connectivity index (χ0n) is 10.7.